The Kier molecular flexibility index (Phi) is 8.56. The summed E-state index contributed by atoms with van der Waals surface area (Å²) in [5, 5.41) is 10.4. The van der Waals surface area contributed by atoms with Crippen LogP contribution in [-0.2, 0) is 25.7 Å². The lowest BCUT2D eigenvalue weighted by Gasteiger charge is -2.38. The van der Waals surface area contributed by atoms with Gasteiger partial charge in [-0.05, 0) is 49.1 Å². The van der Waals surface area contributed by atoms with Gasteiger partial charge in [0.25, 0.3) is 10.0 Å². The number of aliphatic hydroxyl groups is 1. The molecule has 7 nitrogen and oxygen atoms in total. The Bertz CT molecular complexity index is 1250. The number of alkyl halides is 3. The first-order chi connectivity index (χ1) is 17.4. The molecular formula is C26H31F3N2O5S. The Hall–Kier alpha value is -3.08. The van der Waals surface area contributed by atoms with Crippen molar-refractivity contribution in [2.75, 3.05) is 4.72 Å². The van der Waals surface area contributed by atoms with Crippen LogP contribution in [0.5, 0.6) is 0 Å². The van der Waals surface area contributed by atoms with Gasteiger partial charge >= 0.3 is 12.1 Å². The molecule has 0 spiro atoms. The average Bonchev–Trinajstić information content (AvgIpc) is 2.81. The molecule has 2 heterocycles. The Morgan fingerprint density at radius 3 is 2.32 bits per heavy atom. The van der Waals surface area contributed by atoms with Gasteiger partial charge in [0.2, 0.25) is 0 Å². The van der Waals surface area contributed by atoms with Crippen LogP contribution in [0, 0.1) is 0 Å². The van der Waals surface area contributed by atoms with Crippen LogP contribution in [0.4, 0.5) is 18.9 Å². The Balaban J connectivity index is 1.89. The molecule has 0 bridgehead atoms. The first-order valence-corrected chi connectivity index (χ1v) is 13.7. The van der Waals surface area contributed by atoms with Crippen molar-refractivity contribution in [3.63, 3.8) is 0 Å². The van der Waals surface area contributed by atoms with Gasteiger partial charge in [-0.15, -0.1) is 0 Å². The van der Waals surface area contributed by atoms with Crippen LogP contribution in [0.25, 0.3) is 0 Å². The van der Waals surface area contributed by atoms with Crippen molar-refractivity contribution >= 4 is 21.7 Å². The summed E-state index contributed by atoms with van der Waals surface area (Å²) in [5.41, 5.74) is -0.949. The third-order valence-electron chi connectivity index (χ3n) is 6.38. The van der Waals surface area contributed by atoms with Gasteiger partial charge in [-0.2, -0.15) is 21.6 Å². The molecule has 1 aromatic heterocycles. The predicted octanol–water partition coefficient (Wildman–Crippen LogP) is 6.49. The lowest BCUT2D eigenvalue weighted by atomic mass is 9.80. The number of hydrogen-bond donors (Lipinski definition) is 2. The van der Waals surface area contributed by atoms with E-state index in [0.29, 0.717) is 37.1 Å². The summed E-state index contributed by atoms with van der Waals surface area (Å²) in [7, 11) is -4.28. The smallest absolute Gasteiger partial charge is 0.417 e. The molecule has 1 aliphatic heterocycles. The van der Waals surface area contributed by atoms with Crippen molar-refractivity contribution in [3.05, 3.63) is 65.1 Å². The fraction of sp³-hybridized carbons (Fsp3) is 0.462. The van der Waals surface area contributed by atoms with Gasteiger partial charge in [0.15, 0.2) is 5.03 Å². The molecule has 202 valence electrons. The molecule has 0 saturated heterocycles. The number of carbonyl (C=O) groups is 1. The number of esters is 1. The van der Waals surface area contributed by atoms with Gasteiger partial charge in [-0.25, -0.2) is 9.78 Å². The van der Waals surface area contributed by atoms with Gasteiger partial charge in [-0.3, -0.25) is 4.72 Å². The second-order valence-corrected chi connectivity index (χ2v) is 10.8. The van der Waals surface area contributed by atoms with E-state index in [-0.39, 0.29) is 23.4 Å². The Morgan fingerprint density at radius 1 is 1.14 bits per heavy atom. The maximum absolute atomic E-state index is 13.1. The van der Waals surface area contributed by atoms with Crippen LogP contribution < -0.4 is 4.72 Å². The van der Waals surface area contributed by atoms with Gasteiger partial charge in [-0.1, -0.05) is 45.7 Å². The van der Waals surface area contributed by atoms with Crippen molar-refractivity contribution in [2.45, 2.75) is 82.0 Å². The van der Waals surface area contributed by atoms with Crippen molar-refractivity contribution in [3.8, 4) is 0 Å². The number of rotatable bonds is 10. The lowest BCUT2D eigenvalue weighted by Crippen LogP contribution is -2.41. The van der Waals surface area contributed by atoms with Crippen molar-refractivity contribution < 1.29 is 36.2 Å². The fourth-order valence-corrected chi connectivity index (χ4v) is 5.78. The molecule has 3 rings (SSSR count). The highest BCUT2D eigenvalue weighted by atomic mass is 32.2. The van der Waals surface area contributed by atoms with Crippen molar-refractivity contribution in [2.24, 2.45) is 0 Å². The minimum Gasteiger partial charge on any atom is -0.512 e. The van der Waals surface area contributed by atoms with Crippen LogP contribution >= 0.6 is 0 Å². The molecule has 1 atom stereocenters. The van der Waals surface area contributed by atoms with E-state index in [4.69, 9.17) is 4.74 Å². The van der Waals surface area contributed by atoms with E-state index in [1.165, 1.54) is 12.1 Å². The maximum atomic E-state index is 13.1. The molecule has 2 N–H and O–H groups in total. The SMILES string of the molecule is CCCC1(CCC)CC(O)=C(C(CC)c2cccc(NS(=O)(=O)c3ccc(C(F)(F)F)cn3)c2)C(=O)O1. The number of benzene rings is 1. The maximum Gasteiger partial charge on any atom is 0.417 e. The van der Waals surface area contributed by atoms with Crippen LogP contribution in [0.1, 0.15) is 76.3 Å². The zero-order valence-corrected chi connectivity index (χ0v) is 21.7. The minimum absolute atomic E-state index is 0.0232. The number of nitrogens with one attached hydrogen (secondary N) is 1. The fourth-order valence-electron chi connectivity index (χ4n) is 4.80. The second kappa shape index (κ2) is 11.1. The number of anilines is 1. The normalized spacial score (nSPS) is 16.9. The number of aliphatic hydroxyl groups excluding tert-OH is 1. The highest BCUT2D eigenvalue weighted by Gasteiger charge is 2.42. The van der Waals surface area contributed by atoms with Gasteiger partial charge < -0.3 is 9.84 Å². The number of ether oxygens (including phenoxy) is 1. The monoisotopic (exact) mass is 540 g/mol. The lowest BCUT2D eigenvalue weighted by molar-refractivity contribution is -0.161. The average molecular weight is 541 g/mol. The molecule has 11 heteroatoms. The van der Waals surface area contributed by atoms with Crippen LogP contribution in [-0.4, -0.2) is 30.1 Å². The zero-order valence-electron chi connectivity index (χ0n) is 20.9. The zero-order chi connectivity index (χ0) is 27.4. The molecule has 2 aromatic rings. The van der Waals surface area contributed by atoms with E-state index in [2.05, 4.69) is 9.71 Å². The third kappa shape index (κ3) is 6.44. The van der Waals surface area contributed by atoms with E-state index in [1.807, 2.05) is 20.8 Å². The van der Waals surface area contributed by atoms with E-state index in [1.54, 1.807) is 12.1 Å². The third-order valence-corrected chi connectivity index (χ3v) is 7.67. The van der Waals surface area contributed by atoms with Crippen molar-refractivity contribution in [1.29, 1.82) is 0 Å². The quantitative estimate of drug-likeness (QED) is 0.334. The van der Waals surface area contributed by atoms with E-state index in [0.717, 1.165) is 18.9 Å². The minimum atomic E-state index is -4.64. The molecule has 0 fully saturated rings. The molecule has 37 heavy (non-hydrogen) atoms. The topological polar surface area (TPSA) is 106 Å². The van der Waals surface area contributed by atoms with Crippen LogP contribution in [0.2, 0.25) is 0 Å². The summed E-state index contributed by atoms with van der Waals surface area (Å²) in [6.07, 6.45) is -0.672. The number of sulfonamides is 1. The highest BCUT2D eigenvalue weighted by molar-refractivity contribution is 7.92. The van der Waals surface area contributed by atoms with Crippen LogP contribution in [0.3, 0.4) is 0 Å². The van der Waals surface area contributed by atoms with E-state index in [9.17, 15) is 31.5 Å². The molecule has 0 amide bonds. The second-order valence-electron chi connectivity index (χ2n) is 9.18. The van der Waals surface area contributed by atoms with E-state index < -0.39 is 44.3 Å². The molecule has 1 aromatic carbocycles. The summed E-state index contributed by atoms with van der Waals surface area (Å²) in [6.45, 7) is 5.81. The summed E-state index contributed by atoms with van der Waals surface area (Å²) < 4.78 is 72.0. The molecule has 1 aliphatic rings. The van der Waals surface area contributed by atoms with Crippen LogP contribution in [0.15, 0.2) is 59.0 Å². The molecule has 1 unspecified atom stereocenters. The molecule has 0 saturated carbocycles. The number of nitrogens with zero attached hydrogens (tertiary/aromatic N) is 1. The number of hydrogen-bond acceptors (Lipinski definition) is 6. The number of aromatic nitrogens is 1. The van der Waals surface area contributed by atoms with Gasteiger partial charge in [0.1, 0.15) is 11.4 Å². The summed E-state index contributed by atoms with van der Waals surface area (Å²) in [5.74, 6) is -1.16. The number of pyridine rings is 1. The number of cyclic esters (lactones) is 1. The first-order valence-electron chi connectivity index (χ1n) is 12.2. The Morgan fingerprint density at radius 2 is 1.81 bits per heavy atom. The predicted molar refractivity (Wildman–Crippen MR) is 132 cm³/mol. The number of carbonyl (C=O) groups excluding carboxylic acids is 1. The standard InChI is InChI=1S/C26H31F3N2O5S/c1-4-12-25(13-5-2)15-21(32)23(24(33)36-25)20(6-3)17-8-7-9-19(14-17)31-37(34,35)22-11-10-18(16-30-22)26(27,28)29/h7-11,14,16,20,31-32H,4-6,12-13,15H2,1-3H3. The summed E-state index contributed by atoms with van der Waals surface area (Å²) >= 11 is 0. The molecule has 0 radical (unpaired) electrons. The van der Waals surface area contributed by atoms with Crippen molar-refractivity contribution in [1.82, 2.24) is 4.98 Å². The molecule has 0 aliphatic carbocycles. The highest BCUT2D eigenvalue weighted by Crippen LogP contribution is 2.42. The van der Waals surface area contributed by atoms with Gasteiger partial charge in [0.05, 0.1) is 11.1 Å². The Labute approximate surface area is 214 Å². The largest absolute Gasteiger partial charge is 0.512 e. The molecular weight excluding hydrogens is 509 g/mol. The summed E-state index contributed by atoms with van der Waals surface area (Å²) in [4.78, 5) is 16.6. The number of halogens is 3. The van der Waals surface area contributed by atoms with Gasteiger partial charge in [0, 0.05) is 24.2 Å². The van der Waals surface area contributed by atoms with E-state index >= 15 is 0 Å². The first kappa shape index (κ1) is 28.5. The summed E-state index contributed by atoms with van der Waals surface area (Å²) in [6, 6.07) is 7.70.